The lowest BCUT2D eigenvalue weighted by atomic mass is 10.4. The fraction of sp³-hybridized carbons (Fsp3) is 0.300. The maximum Gasteiger partial charge on any atom is 0.157 e. The van der Waals surface area contributed by atoms with Gasteiger partial charge in [-0.15, -0.1) is 0 Å². The molecule has 0 saturated heterocycles. The van der Waals surface area contributed by atoms with Crippen LogP contribution in [0.15, 0.2) is 18.5 Å². The fourth-order valence-corrected chi connectivity index (χ4v) is 1.41. The molecule has 0 unspecified atom stereocenters. The van der Waals surface area contributed by atoms with Crippen molar-refractivity contribution in [1.82, 2.24) is 19.7 Å². The van der Waals surface area contributed by atoms with E-state index in [0.717, 1.165) is 22.9 Å². The van der Waals surface area contributed by atoms with Gasteiger partial charge < -0.3 is 5.73 Å². The average molecular weight is 203 g/mol. The van der Waals surface area contributed by atoms with Gasteiger partial charge in [0.1, 0.15) is 5.82 Å². The molecular formula is C10H13N5. The highest BCUT2D eigenvalue weighted by Gasteiger charge is 2.03. The number of aromatic nitrogens is 4. The van der Waals surface area contributed by atoms with E-state index in [-0.39, 0.29) is 0 Å². The zero-order chi connectivity index (χ0) is 10.8. The van der Waals surface area contributed by atoms with E-state index in [2.05, 4.69) is 15.1 Å². The van der Waals surface area contributed by atoms with E-state index in [9.17, 15) is 0 Å². The summed E-state index contributed by atoms with van der Waals surface area (Å²) in [5.74, 6) is 1.52. The lowest BCUT2D eigenvalue weighted by Gasteiger charge is -2.02. The molecule has 2 heterocycles. The summed E-state index contributed by atoms with van der Waals surface area (Å²) in [4.78, 5) is 8.51. The van der Waals surface area contributed by atoms with Gasteiger partial charge in [-0.2, -0.15) is 5.10 Å². The Balaban J connectivity index is 2.44. The van der Waals surface area contributed by atoms with Crippen LogP contribution < -0.4 is 5.73 Å². The molecule has 5 heteroatoms. The first-order chi connectivity index (χ1) is 7.19. The molecule has 0 fully saturated rings. The smallest absolute Gasteiger partial charge is 0.157 e. The Morgan fingerprint density at radius 3 is 2.73 bits per heavy atom. The molecule has 78 valence electrons. The number of nitrogens with zero attached hydrogens (tertiary/aromatic N) is 4. The van der Waals surface area contributed by atoms with E-state index in [4.69, 9.17) is 5.73 Å². The predicted octanol–water partition coefficient (Wildman–Crippen LogP) is 0.738. The Bertz CT molecular complexity index is 454. The van der Waals surface area contributed by atoms with Crippen molar-refractivity contribution >= 4 is 0 Å². The van der Waals surface area contributed by atoms with Gasteiger partial charge in [0, 0.05) is 30.1 Å². The van der Waals surface area contributed by atoms with Crippen molar-refractivity contribution in [2.45, 2.75) is 20.4 Å². The van der Waals surface area contributed by atoms with Gasteiger partial charge in [0.2, 0.25) is 0 Å². The standard InChI is InChI=1S/C10H13N5/c1-7-3-10(14-8(2)13-7)15-6-9(4-11)5-12-15/h3,5-6H,4,11H2,1-2H3. The Morgan fingerprint density at radius 2 is 2.13 bits per heavy atom. The quantitative estimate of drug-likeness (QED) is 0.781. The van der Waals surface area contributed by atoms with Crippen LogP contribution in [0.25, 0.3) is 5.82 Å². The molecule has 0 saturated carbocycles. The second-order valence-corrected chi connectivity index (χ2v) is 3.41. The molecule has 0 aromatic carbocycles. The topological polar surface area (TPSA) is 69.6 Å². The van der Waals surface area contributed by atoms with E-state index >= 15 is 0 Å². The largest absolute Gasteiger partial charge is 0.326 e. The molecule has 0 atom stereocenters. The monoisotopic (exact) mass is 203 g/mol. The zero-order valence-electron chi connectivity index (χ0n) is 8.81. The van der Waals surface area contributed by atoms with Gasteiger partial charge in [0.05, 0.1) is 6.20 Å². The molecule has 15 heavy (non-hydrogen) atoms. The first kappa shape index (κ1) is 9.79. The minimum absolute atomic E-state index is 0.489. The van der Waals surface area contributed by atoms with Gasteiger partial charge in [0.25, 0.3) is 0 Å². The Kier molecular flexibility index (Phi) is 2.47. The number of hydrogen-bond acceptors (Lipinski definition) is 4. The van der Waals surface area contributed by atoms with Crippen LogP contribution in [0, 0.1) is 13.8 Å². The molecule has 0 amide bonds. The molecule has 0 aliphatic rings. The molecule has 0 aliphatic heterocycles. The summed E-state index contributed by atoms with van der Waals surface area (Å²) >= 11 is 0. The number of aryl methyl sites for hydroxylation is 2. The van der Waals surface area contributed by atoms with E-state index in [0.29, 0.717) is 6.54 Å². The van der Waals surface area contributed by atoms with Crippen molar-refractivity contribution < 1.29 is 0 Å². The summed E-state index contributed by atoms with van der Waals surface area (Å²) < 4.78 is 1.71. The fourth-order valence-electron chi connectivity index (χ4n) is 1.41. The summed E-state index contributed by atoms with van der Waals surface area (Å²) in [6.45, 7) is 4.29. The van der Waals surface area contributed by atoms with E-state index in [1.807, 2.05) is 26.1 Å². The van der Waals surface area contributed by atoms with Gasteiger partial charge >= 0.3 is 0 Å². The van der Waals surface area contributed by atoms with Gasteiger partial charge in [0.15, 0.2) is 5.82 Å². The molecule has 2 N–H and O–H groups in total. The Morgan fingerprint density at radius 1 is 1.33 bits per heavy atom. The van der Waals surface area contributed by atoms with E-state index in [1.165, 1.54) is 0 Å². The third kappa shape index (κ3) is 2.02. The second kappa shape index (κ2) is 3.78. The minimum atomic E-state index is 0.489. The third-order valence-corrected chi connectivity index (χ3v) is 2.06. The summed E-state index contributed by atoms with van der Waals surface area (Å²) in [5, 5.41) is 4.19. The molecule has 2 rings (SSSR count). The van der Waals surface area contributed by atoms with Crippen molar-refractivity contribution in [3.8, 4) is 5.82 Å². The maximum atomic E-state index is 5.51. The summed E-state index contributed by atoms with van der Waals surface area (Å²) in [5.41, 5.74) is 7.44. The van der Waals surface area contributed by atoms with Crippen LogP contribution in [0.5, 0.6) is 0 Å². The van der Waals surface area contributed by atoms with Crippen molar-refractivity contribution in [3.05, 3.63) is 35.5 Å². The van der Waals surface area contributed by atoms with Crippen LogP contribution >= 0.6 is 0 Å². The molecule has 0 radical (unpaired) electrons. The van der Waals surface area contributed by atoms with Crippen LogP contribution in [-0.4, -0.2) is 19.7 Å². The SMILES string of the molecule is Cc1cc(-n2cc(CN)cn2)nc(C)n1. The predicted molar refractivity (Wildman–Crippen MR) is 56.5 cm³/mol. The van der Waals surface area contributed by atoms with Crippen molar-refractivity contribution in [3.63, 3.8) is 0 Å². The Hall–Kier alpha value is -1.75. The van der Waals surface area contributed by atoms with Gasteiger partial charge in [-0.3, -0.25) is 0 Å². The van der Waals surface area contributed by atoms with Crippen LogP contribution in [-0.2, 0) is 6.54 Å². The first-order valence-corrected chi connectivity index (χ1v) is 4.75. The lowest BCUT2D eigenvalue weighted by molar-refractivity contribution is 0.821. The Labute approximate surface area is 88.0 Å². The van der Waals surface area contributed by atoms with Gasteiger partial charge in [-0.1, -0.05) is 0 Å². The normalized spacial score (nSPS) is 10.6. The van der Waals surface area contributed by atoms with Crippen LogP contribution in [0.2, 0.25) is 0 Å². The summed E-state index contributed by atoms with van der Waals surface area (Å²) in [7, 11) is 0. The third-order valence-electron chi connectivity index (χ3n) is 2.06. The molecule has 2 aromatic rings. The number of rotatable bonds is 2. The lowest BCUT2D eigenvalue weighted by Crippen LogP contribution is -2.02. The van der Waals surface area contributed by atoms with Gasteiger partial charge in [-0.05, 0) is 13.8 Å². The van der Waals surface area contributed by atoms with Crippen molar-refractivity contribution in [2.75, 3.05) is 0 Å². The molecule has 0 aliphatic carbocycles. The van der Waals surface area contributed by atoms with Crippen LogP contribution in [0.3, 0.4) is 0 Å². The first-order valence-electron chi connectivity index (χ1n) is 4.75. The maximum absolute atomic E-state index is 5.51. The summed E-state index contributed by atoms with van der Waals surface area (Å²) in [6.07, 6.45) is 3.62. The zero-order valence-corrected chi connectivity index (χ0v) is 8.81. The minimum Gasteiger partial charge on any atom is -0.326 e. The molecule has 5 nitrogen and oxygen atoms in total. The van der Waals surface area contributed by atoms with Crippen molar-refractivity contribution in [1.29, 1.82) is 0 Å². The number of hydrogen-bond donors (Lipinski definition) is 1. The van der Waals surface area contributed by atoms with E-state index < -0.39 is 0 Å². The van der Waals surface area contributed by atoms with Crippen LogP contribution in [0.4, 0.5) is 0 Å². The second-order valence-electron chi connectivity index (χ2n) is 3.41. The van der Waals surface area contributed by atoms with Crippen LogP contribution in [0.1, 0.15) is 17.1 Å². The number of nitrogens with two attached hydrogens (primary N) is 1. The highest BCUT2D eigenvalue weighted by Crippen LogP contribution is 2.07. The average Bonchev–Trinajstić information content (AvgIpc) is 2.64. The molecule has 0 bridgehead atoms. The highest BCUT2D eigenvalue weighted by atomic mass is 15.3. The van der Waals surface area contributed by atoms with Crippen molar-refractivity contribution in [2.24, 2.45) is 5.73 Å². The molecular weight excluding hydrogens is 190 g/mol. The molecule has 0 spiro atoms. The van der Waals surface area contributed by atoms with E-state index in [1.54, 1.807) is 10.9 Å². The summed E-state index contributed by atoms with van der Waals surface area (Å²) in [6, 6.07) is 1.89. The molecule has 2 aromatic heterocycles. The van der Waals surface area contributed by atoms with Gasteiger partial charge in [-0.25, -0.2) is 14.6 Å². The highest BCUT2D eigenvalue weighted by molar-refractivity contribution is 5.24.